The van der Waals surface area contributed by atoms with Crippen LogP contribution in [-0.2, 0) is 17.6 Å². The minimum absolute atomic E-state index is 0.416. The van der Waals surface area contributed by atoms with Gasteiger partial charge in [0.15, 0.2) is 0 Å². The van der Waals surface area contributed by atoms with E-state index in [0.29, 0.717) is 18.0 Å². The summed E-state index contributed by atoms with van der Waals surface area (Å²) >= 11 is 5.73. The number of hydrogen-bond donors (Lipinski definition) is 1. The lowest BCUT2D eigenvalue weighted by Crippen LogP contribution is -2.19. The maximum atomic E-state index is 11.4. The van der Waals surface area contributed by atoms with Crippen LogP contribution in [0.15, 0.2) is 42.6 Å². The Morgan fingerprint density at radius 3 is 2.30 bits per heavy atom. The quantitative estimate of drug-likeness (QED) is 0.857. The first-order valence-electron chi connectivity index (χ1n) is 6.43. The number of carboxylic acid groups (broad SMARTS) is 1. The highest BCUT2D eigenvalue weighted by atomic mass is 35.5. The van der Waals surface area contributed by atoms with Gasteiger partial charge in [0.2, 0.25) is 0 Å². The van der Waals surface area contributed by atoms with Gasteiger partial charge >= 0.3 is 5.97 Å². The van der Waals surface area contributed by atoms with Crippen molar-refractivity contribution in [2.75, 3.05) is 0 Å². The Morgan fingerprint density at radius 1 is 1.15 bits per heavy atom. The van der Waals surface area contributed by atoms with Gasteiger partial charge in [-0.3, -0.25) is 4.79 Å². The molecule has 0 fully saturated rings. The van der Waals surface area contributed by atoms with Crippen molar-refractivity contribution in [3.63, 3.8) is 0 Å². The molecule has 3 nitrogen and oxygen atoms in total. The Bertz CT molecular complexity index is 531. The molecule has 1 atom stereocenters. The smallest absolute Gasteiger partial charge is 0.307 e. The van der Waals surface area contributed by atoms with Crippen molar-refractivity contribution in [3.05, 3.63) is 64.4 Å². The van der Waals surface area contributed by atoms with E-state index in [0.717, 1.165) is 11.1 Å². The fraction of sp³-hybridized carbons (Fsp3) is 0.250. The third-order valence-corrected chi connectivity index (χ3v) is 3.45. The van der Waals surface area contributed by atoms with Crippen LogP contribution < -0.4 is 0 Å². The highest BCUT2D eigenvalue weighted by molar-refractivity contribution is 6.29. The van der Waals surface area contributed by atoms with Crippen LogP contribution in [0.4, 0.5) is 0 Å². The van der Waals surface area contributed by atoms with E-state index in [1.165, 1.54) is 5.56 Å². The fourth-order valence-electron chi connectivity index (χ4n) is 2.07. The number of aromatic nitrogens is 1. The first-order chi connectivity index (χ1) is 9.54. The molecule has 1 heterocycles. The summed E-state index contributed by atoms with van der Waals surface area (Å²) in [5.41, 5.74) is 3.08. The predicted octanol–water partition coefficient (Wildman–Crippen LogP) is 3.53. The normalized spacial score (nSPS) is 12.1. The van der Waals surface area contributed by atoms with Gasteiger partial charge in [-0.1, -0.05) is 47.5 Å². The van der Waals surface area contributed by atoms with E-state index in [9.17, 15) is 9.90 Å². The van der Waals surface area contributed by atoms with Gasteiger partial charge < -0.3 is 5.11 Å². The number of carboxylic acids is 1. The third-order valence-electron chi connectivity index (χ3n) is 3.22. The van der Waals surface area contributed by atoms with E-state index >= 15 is 0 Å². The van der Waals surface area contributed by atoms with Crippen molar-refractivity contribution >= 4 is 17.6 Å². The lowest BCUT2D eigenvalue weighted by Gasteiger charge is -2.12. The molecule has 2 aromatic rings. The zero-order chi connectivity index (χ0) is 14.5. The molecule has 0 aliphatic heterocycles. The summed E-state index contributed by atoms with van der Waals surface area (Å²) in [6, 6.07) is 11.5. The molecular formula is C16H16ClNO2. The largest absolute Gasteiger partial charge is 0.481 e. The van der Waals surface area contributed by atoms with Gasteiger partial charge in [0, 0.05) is 6.20 Å². The molecule has 0 amide bonds. The molecule has 1 aromatic carbocycles. The number of hydrogen-bond acceptors (Lipinski definition) is 2. The average Bonchev–Trinajstić information content (AvgIpc) is 2.42. The predicted molar refractivity (Wildman–Crippen MR) is 79.0 cm³/mol. The molecule has 0 spiro atoms. The van der Waals surface area contributed by atoms with Crippen LogP contribution in [0.5, 0.6) is 0 Å². The third kappa shape index (κ3) is 4.07. The van der Waals surface area contributed by atoms with Crippen LogP contribution in [0.2, 0.25) is 5.15 Å². The molecule has 104 valence electrons. The Hall–Kier alpha value is -1.87. The summed E-state index contributed by atoms with van der Waals surface area (Å²) in [6.45, 7) is 2.01. The van der Waals surface area contributed by atoms with Gasteiger partial charge in [0.1, 0.15) is 5.15 Å². The van der Waals surface area contributed by atoms with Gasteiger partial charge in [-0.25, -0.2) is 4.98 Å². The summed E-state index contributed by atoms with van der Waals surface area (Å²) in [5.74, 6) is -1.25. The number of aliphatic carboxylic acids is 1. The zero-order valence-electron chi connectivity index (χ0n) is 11.2. The van der Waals surface area contributed by atoms with Crippen LogP contribution in [-0.4, -0.2) is 16.1 Å². The van der Waals surface area contributed by atoms with E-state index in [-0.39, 0.29) is 0 Å². The van der Waals surface area contributed by atoms with Crippen molar-refractivity contribution < 1.29 is 9.90 Å². The van der Waals surface area contributed by atoms with Crippen LogP contribution in [0.3, 0.4) is 0 Å². The summed E-state index contributed by atoms with van der Waals surface area (Å²) in [6.07, 6.45) is 2.60. The van der Waals surface area contributed by atoms with Crippen molar-refractivity contribution in [2.45, 2.75) is 19.8 Å². The summed E-state index contributed by atoms with van der Waals surface area (Å²) in [7, 11) is 0. The second-order valence-corrected chi connectivity index (χ2v) is 5.31. The van der Waals surface area contributed by atoms with E-state index in [2.05, 4.69) is 4.98 Å². The molecule has 1 aromatic heterocycles. The first-order valence-corrected chi connectivity index (χ1v) is 6.81. The van der Waals surface area contributed by atoms with Crippen molar-refractivity contribution in [3.8, 4) is 0 Å². The van der Waals surface area contributed by atoms with Crippen LogP contribution in [0.1, 0.15) is 16.7 Å². The molecule has 2 rings (SSSR count). The molecule has 1 unspecified atom stereocenters. The van der Waals surface area contributed by atoms with Crippen molar-refractivity contribution in [2.24, 2.45) is 5.92 Å². The highest BCUT2D eigenvalue weighted by Gasteiger charge is 2.18. The van der Waals surface area contributed by atoms with E-state index < -0.39 is 11.9 Å². The number of pyridine rings is 1. The summed E-state index contributed by atoms with van der Waals surface area (Å²) in [4.78, 5) is 15.4. The van der Waals surface area contributed by atoms with Crippen molar-refractivity contribution in [1.82, 2.24) is 4.98 Å². The molecule has 20 heavy (non-hydrogen) atoms. The minimum Gasteiger partial charge on any atom is -0.481 e. The van der Waals surface area contributed by atoms with Gasteiger partial charge in [0.25, 0.3) is 0 Å². The molecule has 0 radical (unpaired) electrons. The Kier molecular flexibility index (Phi) is 4.74. The number of carbonyl (C=O) groups is 1. The molecule has 0 bridgehead atoms. The summed E-state index contributed by atoms with van der Waals surface area (Å²) < 4.78 is 0. The summed E-state index contributed by atoms with van der Waals surface area (Å²) in [5, 5.41) is 9.77. The number of halogens is 1. The van der Waals surface area contributed by atoms with Gasteiger partial charge in [-0.2, -0.15) is 0 Å². The van der Waals surface area contributed by atoms with E-state index in [4.69, 9.17) is 11.6 Å². The van der Waals surface area contributed by atoms with Gasteiger partial charge in [-0.05, 0) is 37.0 Å². The lowest BCUT2D eigenvalue weighted by atomic mass is 9.93. The fourth-order valence-corrected chi connectivity index (χ4v) is 2.18. The molecule has 0 aliphatic carbocycles. The van der Waals surface area contributed by atoms with Gasteiger partial charge in [-0.15, -0.1) is 0 Å². The topological polar surface area (TPSA) is 50.2 Å². The van der Waals surface area contributed by atoms with E-state index in [1.807, 2.05) is 37.3 Å². The molecule has 0 saturated carbocycles. The van der Waals surface area contributed by atoms with Crippen LogP contribution in [0.25, 0.3) is 0 Å². The van der Waals surface area contributed by atoms with Crippen LogP contribution >= 0.6 is 11.6 Å². The number of nitrogens with zero attached hydrogens (tertiary/aromatic N) is 1. The SMILES string of the molecule is Cc1ccc(CC(Cc2ccc(Cl)nc2)C(=O)O)cc1. The Labute approximate surface area is 123 Å². The Balaban J connectivity index is 2.09. The second-order valence-electron chi connectivity index (χ2n) is 4.92. The van der Waals surface area contributed by atoms with Gasteiger partial charge in [0.05, 0.1) is 5.92 Å². The number of rotatable bonds is 5. The molecule has 1 N–H and O–H groups in total. The number of aryl methyl sites for hydroxylation is 1. The standard InChI is InChI=1S/C16H16ClNO2/c1-11-2-4-12(5-3-11)8-14(16(19)20)9-13-6-7-15(17)18-10-13/h2-7,10,14H,8-9H2,1H3,(H,19,20). The number of benzene rings is 1. The zero-order valence-corrected chi connectivity index (χ0v) is 12.0. The van der Waals surface area contributed by atoms with Crippen LogP contribution in [0, 0.1) is 12.8 Å². The first kappa shape index (κ1) is 14.5. The molecule has 0 saturated heterocycles. The average molecular weight is 290 g/mol. The molecular weight excluding hydrogens is 274 g/mol. The minimum atomic E-state index is -0.791. The van der Waals surface area contributed by atoms with E-state index in [1.54, 1.807) is 12.3 Å². The lowest BCUT2D eigenvalue weighted by molar-refractivity contribution is -0.141. The molecule has 0 aliphatic rings. The Morgan fingerprint density at radius 2 is 1.75 bits per heavy atom. The molecule has 4 heteroatoms. The highest BCUT2D eigenvalue weighted by Crippen LogP contribution is 2.16. The maximum Gasteiger partial charge on any atom is 0.307 e. The van der Waals surface area contributed by atoms with Crippen molar-refractivity contribution in [1.29, 1.82) is 0 Å². The second kappa shape index (κ2) is 6.53. The monoisotopic (exact) mass is 289 g/mol. The maximum absolute atomic E-state index is 11.4.